The molecule has 3 aromatic rings. The maximum atomic E-state index is 11.3. The van der Waals surface area contributed by atoms with Crippen molar-refractivity contribution in [2.45, 2.75) is 13.0 Å². The lowest BCUT2D eigenvalue weighted by molar-refractivity contribution is 0.818. The fraction of sp³-hybridized carbons (Fsp3) is 0.125. The molecule has 0 saturated carbocycles. The van der Waals surface area contributed by atoms with E-state index in [0.29, 0.717) is 5.65 Å². The van der Waals surface area contributed by atoms with Crippen molar-refractivity contribution in [1.29, 1.82) is 0 Å². The van der Waals surface area contributed by atoms with E-state index in [1.54, 1.807) is 12.3 Å². The zero-order valence-corrected chi connectivity index (χ0v) is 12.4. The lowest BCUT2D eigenvalue weighted by atomic mass is 10.00. The quantitative estimate of drug-likeness (QED) is 0.764. The van der Waals surface area contributed by atoms with E-state index in [-0.39, 0.29) is 24.0 Å². The summed E-state index contributed by atoms with van der Waals surface area (Å²) < 4.78 is 0. The number of aromatic nitrogens is 2. The average molecular weight is 302 g/mol. The number of fused-ring (bicyclic) bond motifs is 1. The first-order valence-electron chi connectivity index (χ1n) is 6.49. The van der Waals surface area contributed by atoms with Crippen LogP contribution in [0.3, 0.4) is 0 Å². The summed E-state index contributed by atoms with van der Waals surface area (Å²) in [5, 5.41) is 0.931. The van der Waals surface area contributed by atoms with Gasteiger partial charge in [0.15, 0.2) is 0 Å². The van der Waals surface area contributed by atoms with E-state index in [2.05, 4.69) is 9.97 Å². The Balaban J connectivity index is 0.00000161. The molecule has 0 unspecified atom stereocenters. The fourth-order valence-electron chi connectivity index (χ4n) is 2.28. The third kappa shape index (κ3) is 2.96. The van der Waals surface area contributed by atoms with Gasteiger partial charge in [-0.25, -0.2) is 4.98 Å². The Morgan fingerprint density at radius 3 is 2.48 bits per heavy atom. The van der Waals surface area contributed by atoms with Gasteiger partial charge in [0.2, 0.25) is 5.56 Å². The Kier molecular flexibility index (Phi) is 4.40. The Hall–Kier alpha value is -2.17. The number of H-pyrrole nitrogens is 1. The summed E-state index contributed by atoms with van der Waals surface area (Å²) in [7, 11) is 0. The number of halogens is 1. The molecule has 108 valence electrons. The highest BCUT2D eigenvalue weighted by Crippen LogP contribution is 2.26. The van der Waals surface area contributed by atoms with Gasteiger partial charge in [0.25, 0.3) is 0 Å². The summed E-state index contributed by atoms with van der Waals surface area (Å²) in [4.78, 5) is 18.3. The molecular formula is C16H16ClN3O. The van der Waals surface area contributed by atoms with Crippen LogP contribution >= 0.6 is 12.4 Å². The Labute approximate surface area is 128 Å². The molecular weight excluding hydrogens is 286 g/mol. The summed E-state index contributed by atoms with van der Waals surface area (Å²) in [6, 6.07) is 13.4. The molecule has 0 bridgehead atoms. The predicted octanol–water partition coefficient (Wildman–Crippen LogP) is 3.03. The van der Waals surface area contributed by atoms with Gasteiger partial charge in [-0.2, -0.15) is 0 Å². The Morgan fingerprint density at radius 1 is 1.10 bits per heavy atom. The van der Waals surface area contributed by atoms with Gasteiger partial charge in [0, 0.05) is 23.7 Å². The van der Waals surface area contributed by atoms with Gasteiger partial charge in [-0.05, 0) is 35.7 Å². The van der Waals surface area contributed by atoms with Crippen LogP contribution in [0.1, 0.15) is 18.5 Å². The maximum absolute atomic E-state index is 11.3. The van der Waals surface area contributed by atoms with Crippen LogP contribution in [0.25, 0.3) is 22.2 Å². The maximum Gasteiger partial charge on any atom is 0.249 e. The largest absolute Gasteiger partial charge is 0.324 e. The fourth-order valence-corrected chi connectivity index (χ4v) is 2.28. The lowest BCUT2D eigenvalue weighted by Crippen LogP contribution is -2.05. The van der Waals surface area contributed by atoms with Crippen molar-refractivity contribution in [2.75, 3.05) is 0 Å². The molecule has 0 aliphatic rings. The number of hydrogen-bond acceptors (Lipinski definition) is 3. The van der Waals surface area contributed by atoms with Crippen LogP contribution in [-0.2, 0) is 0 Å². The molecule has 0 fully saturated rings. The van der Waals surface area contributed by atoms with E-state index < -0.39 is 0 Å². The van der Waals surface area contributed by atoms with Crippen molar-refractivity contribution in [3.8, 4) is 11.1 Å². The van der Waals surface area contributed by atoms with Crippen molar-refractivity contribution in [3.05, 3.63) is 64.6 Å². The predicted molar refractivity (Wildman–Crippen MR) is 87.7 cm³/mol. The van der Waals surface area contributed by atoms with Crippen LogP contribution < -0.4 is 11.3 Å². The number of benzene rings is 1. The molecule has 2 heterocycles. The molecule has 0 aliphatic heterocycles. The second-order valence-corrected chi connectivity index (χ2v) is 4.85. The second kappa shape index (κ2) is 6.08. The molecule has 3 N–H and O–H groups in total. The second-order valence-electron chi connectivity index (χ2n) is 4.85. The number of nitrogens with zero attached hydrogens (tertiary/aromatic N) is 1. The van der Waals surface area contributed by atoms with E-state index in [1.807, 2.05) is 37.3 Å². The van der Waals surface area contributed by atoms with Crippen molar-refractivity contribution in [3.63, 3.8) is 0 Å². The van der Waals surface area contributed by atoms with Gasteiger partial charge in [0.05, 0.1) is 0 Å². The summed E-state index contributed by atoms with van der Waals surface area (Å²) in [5.41, 5.74) is 9.54. The highest BCUT2D eigenvalue weighted by Gasteiger charge is 2.06. The van der Waals surface area contributed by atoms with Crippen LogP contribution in [-0.4, -0.2) is 9.97 Å². The molecule has 4 nitrogen and oxygen atoms in total. The topological polar surface area (TPSA) is 71.8 Å². The zero-order valence-electron chi connectivity index (χ0n) is 11.5. The number of nitrogens with one attached hydrogen (secondary N) is 1. The molecule has 0 radical (unpaired) electrons. The number of aromatic amines is 1. The van der Waals surface area contributed by atoms with Crippen LogP contribution in [0, 0.1) is 0 Å². The minimum absolute atomic E-state index is 0. The van der Waals surface area contributed by atoms with Crippen LogP contribution in [0.15, 0.2) is 53.5 Å². The summed E-state index contributed by atoms with van der Waals surface area (Å²) in [6.45, 7) is 1.96. The first kappa shape index (κ1) is 15.2. The number of nitrogens with two attached hydrogens (primary N) is 1. The van der Waals surface area contributed by atoms with Crippen molar-refractivity contribution >= 4 is 23.4 Å². The zero-order chi connectivity index (χ0) is 14.1. The summed E-state index contributed by atoms with van der Waals surface area (Å²) >= 11 is 0. The van der Waals surface area contributed by atoms with E-state index >= 15 is 0 Å². The van der Waals surface area contributed by atoms with Gasteiger partial charge in [-0.3, -0.25) is 4.79 Å². The molecule has 21 heavy (non-hydrogen) atoms. The van der Waals surface area contributed by atoms with Gasteiger partial charge in [-0.15, -0.1) is 12.4 Å². The van der Waals surface area contributed by atoms with E-state index in [4.69, 9.17) is 5.73 Å². The van der Waals surface area contributed by atoms with E-state index in [1.165, 1.54) is 6.07 Å². The lowest BCUT2D eigenvalue weighted by Gasteiger charge is -2.09. The van der Waals surface area contributed by atoms with Crippen molar-refractivity contribution in [2.24, 2.45) is 5.73 Å². The van der Waals surface area contributed by atoms with Crippen LogP contribution in [0.2, 0.25) is 0 Å². The Bertz CT molecular complexity index is 810. The normalized spacial score (nSPS) is 11.9. The minimum atomic E-state index is -0.144. The first-order valence-corrected chi connectivity index (χ1v) is 6.49. The van der Waals surface area contributed by atoms with Crippen molar-refractivity contribution < 1.29 is 0 Å². The van der Waals surface area contributed by atoms with E-state index in [9.17, 15) is 4.79 Å². The number of rotatable bonds is 2. The van der Waals surface area contributed by atoms with Gasteiger partial charge in [0.1, 0.15) is 5.65 Å². The summed E-state index contributed by atoms with van der Waals surface area (Å²) in [5.74, 6) is 0. The third-order valence-corrected chi connectivity index (χ3v) is 3.38. The standard InChI is InChI=1S/C16H15N3O.ClH/c1-10(17)11-2-4-12(5-3-11)13-8-9-18-16-14(13)6-7-15(20)19-16;/h2-10H,17H2,1H3,(H,18,19,20);1H/t10-;/m1./s1. The number of hydrogen-bond donors (Lipinski definition) is 2. The highest BCUT2D eigenvalue weighted by atomic mass is 35.5. The molecule has 0 aliphatic carbocycles. The van der Waals surface area contributed by atoms with Crippen LogP contribution in [0.4, 0.5) is 0 Å². The van der Waals surface area contributed by atoms with E-state index in [0.717, 1.165) is 22.1 Å². The molecule has 1 atom stereocenters. The van der Waals surface area contributed by atoms with Crippen molar-refractivity contribution in [1.82, 2.24) is 9.97 Å². The number of pyridine rings is 2. The molecule has 0 saturated heterocycles. The highest BCUT2D eigenvalue weighted by molar-refractivity contribution is 5.92. The van der Waals surface area contributed by atoms with Gasteiger partial charge < -0.3 is 10.7 Å². The molecule has 5 heteroatoms. The van der Waals surface area contributed by atoms with Gasteiger partial charge >= 0.3 is 0 Å². The first-order chi connectivity index (χ1) is 9.65. The summed E-state index contributed by atoms with van der Waals surface area (Å²) in [6.07, 6.45) is 1.70. The molecule has 3 rings (SSSR count). The Morgan fingerprint density at radius 2 is 1.81 bits per heavy atom. The molecule has 0 spiro atoms. The molecule has 1 aromatic carbocycles. The van der Waals surface area contributed by atoms with Gasteiger partial charge in [-0.1, -0.05) is 24.3 Å². The SMILES string of the molecule is C[C@@H](N)c1ccc(-c2ccnc3[nH]c(=O)ccc23)cc1.Cl. The average Bonchev–Trinajstić information content (AvgIpc) is 2.46. The third-order valence-electron chi connectivity index (χ3n) is 3.38. The molecule has 2 aromatic heterocycles. The smallest absolute Gasteiger partial charge is 0.249 e. The minimum Gasteiger partial charge on any atom is -0.324 e. The van der Waals surface area contributed by atoms with Crippen LogP contribution in [0.5, 0.6) is 0 Å². The monoisotopic (exact) mass is 301 g/mol. The molecule has 0 amide bonds.